The van der Waals surface area contributed by atoms with Gasteiger partial charge in [-0.05, 0) is 35.6 Å². The van der Waals surface area contributed by atoms with Crippen LogP contribution in [0.5, 0.6) is 0 Å². The number of hydrogen-bond acceptors (Lipinski definition) is 2. The fourth-order valence-electron chi connectivity index (χ4n) is 2.40. The monoisotopic (exact) mass is 386 g/mol. The van der Waals surface area contributed by atoms with Crippen molar-refractivity contribution in [3.8, 4) is 0 Å². The van der Waals surface area contributed by atoms with Gasteiger partial charge in [-0.1, -0.05) is 30.4 Å². The SMILES string of the molecule is [O-]C(=C(C(=S)Nc1ccc(F)cc1F)[n+]1ccccc1)c1ccc(F)cc1. The Kier molecular flexibility index (Phi) is 5.52. The molecule has 0 amide bonds. The van der Waals surface area contributed by atoms with Crippen molar-refractivity contribution in [1.29, 1.82) is 0 Å². The fraction of sp³-hybridized carbons (Fsp3) is 0. The van der Waals surface area contributed by atoms with Crippen LogP contribution in [0.25, 0.3) is 11.5 Å². The van der Waals surface area contributed by atoms with Crippen molar-refractivity contribution < 1.29 is 22.8 Å². The molecule has 27 heavy (non-hydrogen) atoms. The van der Waals surface area contributed by atoms with E-state index in [0.717, 1.165) is 18.2 Å². The number of thiocarbonyl (C=S) groups is 1. The molecule has 0 saturated carbocycles. The molecule has 0 saturated heterocycles. The van der Waals surface area contributed by atoms with Crippen LogP contribution in [-0.4, -0.2) is 4.99 Å². The molecule has 0 atom stereocenters. The van der Waals surface area contributed by atoms with Crippen molar-refractivity contribution in [2.45, 2.75) is 0 Å². The molecule has 0 unspecified atom stereocenters. The van der Waals surface area contributed by atoms with Gasteiger partial charge >= 0.3 is 0 Å². The van der Waals surface area contributed by atoms with E-state index in [9.17, 15) is 18.3 Å². The molecular weight excluding hydrogens is 373 g/mol. The summed E-state index contributed by atoms with van der Waals surface area (Å²) in [5.41, 5.74) is 0.190. The molecule has 1 aromatic heterocycles. The molecule has 3 rings (SSSR count). The molecule has 1 N–H and O–H groups in total. The van der Waals surface area contributed by atoms with Crippen LogP contribution in [-0.2, 0) is 0 Å². The minimum atomic E-state index is -0.844. The second kappa shape index (κ2) is 8.01. The first-order valence-corrected chi connectivity index (χ1v) is 8.27. The van der Waals surface area contributed by atoms with E-state index in [2.05, 4.69) is 5.32 Å². The number of rotatable bonds is 4. The highest BCUT2D eigenvalue weighted by molar-refractivity contribution is 7.81. The number of hydrogen-bond donors (Lipinski definition) is 1. The van der Waals surface area contributed by atoms with Crippen molar-refractivity contribution >= 4 is 34.3 Å². The van der Waals surface area contributed by atoms with Crippen LogP contribution < -0.4 is 15.0 Å². The van der Waals surface area contributed by atoms with Crippen molar-refractivity contribution in [1.82, 2.24) is 0 Å². The van der Waals surface area contributed by atoms with Crippen molar-refractivity contribution in [2.24, 2.45) is 0 Å². The Balaban J connectivity index is 2.05. The lowest BCUT2D eigenvalue weighted by molar-refractivity contribution is -0.577. The van der Waals surface area contributed by atoms with E-state index >= 15 is 0 Å². The first-order valence-electron chi connectivity index (χ1n) is 7.86. The molecule has 3 nitrogen and oxygen atoms in total. The summed E-state index contributed by atoms with van der Waals surface area (Å²) in [4.78, 5) is -0.0639. The Morgan fingerprint density at radius 2 is 1.52 bits per heavy atom. The summed E-state index contributed by atoms with van der Waals surface area (Å²) in [6, 6.07) is 13.1. The molecule has 136 valence electrons. The summed E-state index contributed by atoms with van der Waals surface area (Å²) in [6.07, 6.45) is 3.21. The number of pyridine rings is 1. The van der Waals surface area contributed by atoms with Gasteiger partial charge in [-0.25, -0.2) is 13.2 Å². The van der Waals surface area contributed by atoms with Crippen LogP contribution in [0, 0.1) is 17.5 Å². The maximum atomic E-state index is 13.9. The minimum Gasteiger partial charge on any atom is -0.867 e. The molecule has 0 spiro atoms. The quantitative estimate of drug-likeness (QED) is 0.323. The maximum absolute atomic E-state index is 13.9. The Bertz CT molecular complexity index is 1010. The maximum Gasteiger partial charge on any atom is 0.238 e. The number of benzene rings is 2. The molecule has 2 aromatic carbocycles. The van der Waals surface area contributed by atoms with Gasteiger partial charge in [-0.2, -0.15) is 4.57 Å². The second-order valence-corrected chi connectivity index (χ2v) is 5.95. The van der Waals surface area contributed by atoms with Gasteiger partial charge in [-0.15, -0.1) is 0 Å². The van der Waals surface area contributed by atoms with E-state index in [1.165, 1.54) is 22.8 Å². The Morgan fingerprint density at radius 1 is 0.889 bits per heavy atom. The van der Waals surface area contributed by atoms with Crippen LogP contribution in [0.1, 0.15) is 5.56 Å². The molecule has 7 heteroatoms. The van der Waals surface area contributed by atoms with Crippen LogP contribution in [0.2, 0.25) is 0 Å². The van der Waals surface area contributed by atoms with Crippen LogP contribution in [0.15, 0.2) is 73.1 Å². The molecule has 0 aliphatic heterocycles. The summed E-state index contributed by atoms with van der Waals surface area (Å²) in [6.45, 7) is 0. The molecule has 0 bridgehead atoms. The zero-order chi connectivity index (χ0) is 19.4. The Hall–Kier alpha value is -3.19. The Morgan fingerprint density at radius 3 is 2.15 bits per heavy atom. The summed E-state index contributed by atoms with van der Waals surface area (Å²) in [5.74, 6) is -2.53. The third-order valence-electron chi connectivity index (χ3n) is 3.69. The third-order valence-corrected chi connectivity index (χ3v) is 3.99. The van der Waals surface area contributed by atoms with Crippen LogP contribution in [0.3, 0.4) is 0 Å². The van der Waals surface area contributed by atoms with Gasteiger partial charge in [0, 0.05) is 18.2 Å². The van der Waals surface area contributed by atoms with Gasteiger partial charge < -0.3 is 10.4 Å². The van der Waals surface area contributed by atoms with E-state index in [0.29, 0.717) is 6.07 Å². The first kappa shape index (κ1) is 18.6. The second-order valence-electron chi connectivity index (χ2n) is 5.55. The van der Waals surface area contributed by atoms with Crippen molar-refractivity contribution in [3.63, 3.8) is 0 Å². The fourth-order valence-corrected chi connectivity index (χ4v) is 2.70. The predicted molar refractivity (Wildman–Crippen MR) is 98.7 cm³/mol. The molecular formula is C20H13F3N2OS. The normalized spacial score (nSPS) is 11.7. The van der Waals surface area contributed by atoms with Crippen LogP contribution >= 0.6 is 12.2 Å². The molecule has 1 heterocycles. The van der Waals surface area contributed by atoms with E-state index in [1.807, 2.05) is 0 Å². The lowest BCUT2D eigenvalue weighted by atomic mass is 10.1. The van der Waals surface area contributed by atoms with E-state index in [-0.39, 0.29) is 21.9 Å². The van der Waals surface area contributed by atoms with Gasteiger partial charge in [0.1, 0.15) is 17.5 Å². The zero-order valence-electron chi connectivity index (χ0n) is 13.8. The third kappa shape index (κ3) is 4.32. The molecule has 3 aromatic rings. The summed E-state index contributed by atoms with van der Waals surface area (Å²) in [7, 11) is 0. The average molecular weight is 386 g/mol. The van der Waals surface area contributed by atoms with Gasteiger partial charge in [-0.3, -0.25) is 0 Å². The van der Waals surface area contributed by atoms with E-state index < -0.39 is 23.2 Å². The minimum absolute atomic E-state index is 0.0425. The Labute approximate surface area is 159 Å². The zero-order valence-corrected chi connectivity index (χ0v) is 14.6. The molecule has 0 aliphatic carbocycles. The number of aromatic nitrogens is 1. The first-order chi connectivity index (χ1) is 13.0. The lowest BCUT2D eigenvalue weighted by Crippen LogP contribution is -2.39. The van der Waals surface area contributed by atoms with Crippen molar-refractivity contribution in [3.05, 3.63) is 96.1 Å². The van der Waals surface area contributed by atoms with Crippen molar-refractivity contribution in [2.75, 3.05) is 5.32 Å². The highest BCUT2D eigenvalue weighted by atomic mass is 32.1. The van der Waals surface area contributed by atoms with Crippen LogP contribution in [0.4, 0.5) is 18.9 Å². The number of anilines is 1. The highest BCUT2D eigenvalue weighted by Crippen LogP contribution is 2.19. The summed E-state index contributed by atoms with van der Waals surface area (Å²) in [5, 5.41) is 15.6. The molecule has 0 radical (unpaired) electrons. The number of nitrogens with zero attached hydrogens (tertiary/aromatic N) is 1. The van der Waals surface area contributed by atoms with E-state index in [4.69, 9.17) is 12.2 Å². The summed E-state index contributed by atoms with van der Waals surface area (Å²) < 4.78 is 41.7. The van der Waals surface area contributed by atoms with Gasteiger partial charge in [0.05, 0.1) is 5.69 Å². The number of nitrogens with one attached hydrogen (secondary N) is 1. The van der Waals surface area contributed by atoms with E-state index in [1.54, 1.807) is 30.6 Å². The highest BCUT2D eigenvalue weighted by Gasteiger charge is 2.19. The largest absolute Gasteiger partial charge is 0.867 e. The molecule has 0 fully saturated rings. The average Bonchev–Trinajstić information content (AvgIpc) is 2.65. The lowest BCUT2D eigenvalue weighted by Gasteiger charge is -2.17. The topological polar surface area (TPSA) is 39.0 Å². The van der Waals surface area contributed by atoms with Gasteiger partial charge in [0.15, 0.2) is 17.4 Å². The van der Waals surface area contributed by atoms with Gasteiger partial charge in [0.25, 0.3) is 0 Å². The predicted octanol–water partition coefficient (Wildman–Crippen LogP) is 3.52. The molecule has 0 aliphatic rings. The van der Waals surface area contributed by atoms with Gasteiger partial charge in [0.2, 0.25) is 5.70 Å². The number of halogens is 3. The standard InChI is InChI=1S/C20H13F3N2OS/c21-14-6-4-13(5-7-14)19(26)18(25-10-2-1-3-11-25)20(27)24-17-9-8-15(22)12-16(17)23/h1-12H,(H-,24,26,27). The summed E-state index contributed by atoms with van der Waals surface area (Å²) >= 11 is 5.31. The smallest absolute Gasteiger partial charge is 0.238 e.